The molecule has 0 aliphatic carbocycles. The molecule has 1 amide bonds. The number of carbonyl (C=O) groups is 1. The second-order valence-corrected chi connectivity index (χ2v) is 7.78. The van der Waals surface area contributed by atoms with Crippen LogP contribution in [0, 0.1) is 6.92 Å². The van der Waals surface area contributed by atoms with Gasteiger partial charge in [-0.2, -0.15) is 4.31 Å². The molecule has 0 spiro atoms. The van der Waals surface area contributed by atoms with Gasteiger partial charge in [-0.25, -0.2) is 8.42 Å². The number of sulfonamides is 1. The lowest BCUT2D eigenvalue weighted by Crippen LogP contribution is -2.37. The van der Waals surface area contributed by atoms with E-state index in [9.17, 15) is 13.2 Å². The van der Waals surface area contributed by atoms with E-state index in [1.807, 2.05) is 6.92 Å². The summed E-state index contributed by atoms with van der Waals surface area (Å²) >= 11 is 5.88. The van der Waals surface area contributed by atoms with Crippen LogP contribution in [0.4, 0.5) is 5.69 Å². The fraction of sp³-hybridized carbons (Fsp3) is 0.250. The minimum absolute atomic E-state index is 0.0344. The van der Waals surface area contributed by atoms with Gasteiger partial charge in [0.15, 0.2) is 0 Å². The van der Waals surface area contributed by atoms with Gasteiger partial charge in [-0.15, -0.1) is 0 Å². The summed E-state index contributed by atoms with van der Waals surface area (Å²) in [6.07, 6.45) is 2.64. The second kappa shape index (κ2) is 7.74. The molecule has 0 saturated carbocycles. The van der Waals surface area contributed by atoms with Crippen LogP contribution in [-0.4, -0.2) is 36.4 Å². The summed E-state index contributed by atoms with van der Waals surface area (Å²) in [6, 6.07) is 10.3. The number of hydrogen-bond donors (Lipinski definition) is 1. The first-order valence-electron chi connectivity index (χ1n) is 7.17. The standard InChI is InChI=1S/C16H18ClN3O3S/c1-12-9-13(17)6-7-15(12)19-16(21)11-20(24(2,22)23)10-14-5-3-4-8-18-14/h3-9H,10-11H2,1-2H3,(H,19,21). The van der Waals surface area contributed by atoms with Crippen molar-refractivity contribution in [1.82, 2.24) is 9.29 Å². The Morgan fingerprint density at radius 2 is 2.04 bits per heavy atom. The van der Waals surface area contributed by atoms with Gasteiger partial charge in [-0.3, -0.25) is 9.78 Å². The summed E-state index contributed by atoms with van der Waals surface area (Å²) < 4.78 is 25.0. The van der Waals surface area contributed by atoms with Crippen LogP contribution < -0.4 is 5.32 Å². The Kier molecular flexibility index (Phi) is 5.93. The zero-order valence-electron chi connectivity index (χ0n) is 13.4. The number of carbonyl (C=O) groups excluding carboxylic acids is 1. The van der Waals surface area contributed by atoms with Gasteiger partial charge in [0.25, 0.3) is 0 Å². The predicted octanol–water partition coefficient (Wildman–Crippen LogP) is 2.44. The minimum atomic E-state index is -3.56. The molecule has 0 fully saturated rings. The number of nitrogens with one attached hydrogen (secondary N) is 1. The maximum Gasteiger partial charge on any atom is 0.239 e. The molecule has 6 nitrogen and oxygen atoms in total. The highest BCUT2D eigenvalue weighted by atomic mass is 35.5. The van der Waals surface area contributed by atoms with E-state index in [0.717, 1.165) is 16.1 Å². The van der Waals surface area contributed by atoms with E-state index in [1.54, 1.807) is 42.6 Å². The first-order chi connectivity index (χ1) is 11.3. The van der Waals surface area contributed by atoms with Crippen LogP contribution in [-0.2, 0) is 21.4 Å². The Morgan fingerprint density at radius 3 is 2.62 bits per heavy atom. The SMILES string of the molecule is Cc1cc(Cl)ccc1NC(=O)CN(Cc1ccccn1)S(C)(=O)=O. The molecule has 1 aromatic heterocycles. The Hall–Kier alpha value is -1.96. The molecule has 2 aromatic rings. The lowest BCUT2D eigenvalue weighted by molar-refractivity contribution is -0.116. The fourth-order valence-corrected chi connectivity index (χ4v) is 3.03. The van der Waals surface area contributed by atoms with Gasteiger partial charge in [0.05, 0.1) is 25.0 Å². The Bertz CT molecular complexity index is 826. The molecule has 0 aliphatic rings. The summed E-state index contributed by atoms with van der Waals surface area (Å²) in [5.74, 6) is -0.429. The number of rotatable bonds is 6. The summed E-state index contributed by atoms with van der Waals surface area (Å²) in [4.78, 5) is 16.3. The molecule has 2 rings (SSSR count). The van der Waals surface area contributed by atoms with Crippen molar-refractivity contribution in [2.45, 2.75) is 13.5 Å². The predicted molar refractivity (Wildman–Crippen MR) is 94.3 cm³/mol. The molecule has 128 valence electrons. The van der Waals surface area contributed by atoms with Crippen LogP contribution in [0.15, 0.2) is 42.6 Å². The van der Waals surface area contributed by atoms with E-state index in [-0.39, 0.29) is 13.1 Å². The van der Waals surface area contributed by atoms with E-state index < -0.39 is 15.9 Å². The Labute approximate surface area is 146 Å². The summed E-state index contributed by atoms with van der Waals surface area (Å²) in [7, 11) is -3.56. The van der Waals surface area contributed by atoms with Crippen molar-refractivity contribution in [2.75, 3.05) is 18.1 Å². The molecule has 1 N–H and O–H groups in total. The van der Waals surface area contributed by atoms with Crippen LogP contribution in [0.5, 0.6) is 0 Å². The molecule has 1 heterocycles. The molecular formula is C16H18ClN3O3S. The molecule has 24 heavy (non-hydrogen) atoms. The largest absolute Gasteiger partial charge is 0.325 e. The van der Waals surface area contributed by atoms with Crippen LogP contribution in [0.2, 0.25) is 5.02 Å². The van der Waals surface area contributed by atoms with Crippen LogP contribution in [0.1, 0.15) is 11.3 Å². The molecule has 0 aliphatic heterocycles. The third-order valence-corrected chi connectivity index (χ3v) is 4.75. The molecule has 0 bridgehead atoms. The van der Waals surface area contributed by atoms with Crippen molar-refractivity contribution in [3.8, 4) is 0 Å². The van der Waals surface area contributed by atoms with Crippen LogP contribution >= 0.6 is 11.6 Å². The zero-order chi connectivity index (χ0) is 17.7. The first-order valence-corrected chi connectivity index (χ1v) is 9.39. The fourth-order valence-electron chi connectivity index (χ4n) is 2.08. The highest BCUT2D eigenvalue weighted by Gasteiger charge is 2.21. The number of aromatic nitrogens is 1. The summed E-state index contributed by atoms with van der Waals surface area (Å²) in [5, 5.41) is 3.27. The van der Waals surface area contributed by atoms with E-state index in [0.29, 0.717) is 16.4 Å². The van der Waals surface area contributed by atoms with Gasteiger partial charge in [-0.1, -0.05) is 17.7 Å². The number of amides is 1. The number of anilines is 1. The van der Waals surface area contributed by atoms with Gasteiger partial charge in [-0.05, 0) is 42.8 Å². The molecule has 0 radical (unpaired) electrons. The van der Waals surface area contributed by atoms with Gasteiger partial charge < -0.3 is 5.32 Å². The third-order valence-electron chi connectivity index (χ3n) is 3.32. The van der Waals surface area contributed by atoms with Crippen molar-refractivity contribution in [2.24, 2.45) is 0 Å². The lowest BCUT2D eigenvalue weighted by Gasteiger charge is -2.19. The summed E-state index contributed by atoms with van der Waals surface area (Å²) in [5.41, 5.74) is 1.96. The normalized spacial score (nSPS) is 11.5. The molecule has 8 heteroatoms. The molecular weight excluding hydrogens is 350 g/mol. The maximum absolute atomic E-state index is 12.2. The van der Waals surface area contributed by atoms with Crippen molar-refractivity contribution >= 4 is 33.2 Å². The van der Waals surface area contributed by atoms with Crippen molar-refractivity contribution in [1.29, 1.82) is 0 Å². The average Bonchev–Trinajstić information content (AvgIpc) is 2.49. The zero-order valence-corrected chi connectivity index (χ0v) is 14.9. The summed E-state index contributed by atoms with van der Waals surface area (Å²) in [6.45, 7) is 1.55. The number of aryl methyl sites for hydroxylation is 1. The molecule has 0 saturated heterocycles. The topological polar surface area (TPSA) is 79.4 Å². The van der Waals surface area contributed by atoms with E-state index in [2.05, 4.69) is 10.3 Å². The number of hydrogen-bond acceptors (Lipinski definition) is 4. The van der Waals surface area contributed by atoms with Gasteiger partial charge in [0.2, 0.25) is 15.9 Å². The first kappa shape index (κ1) is 18.4. The number of benzene rings is 1. The monoisotopic (exact) mass is 367 g/mol. The Morgan fingerprint density at radius 1 is 1.29 bits per heavy atom. The second-order valence-electron chi connectivity index (χ2n) is 5.36. The highest BCUT2D eigenvalue weighted by Crippen LogP contribution is 2.19. The maximum atomic E-state index is 12.2. The highest BCUT2D eigenvalue weighted by molar-refractivity contribution is 7.88. The van der Waals surface area contributed by atoms with E-state index in [1.165, 1.54) is 0 Å². The Balaban J connectivity index is 2.10. The van der Waals surface area contributed by atoms with Crippen molar-refractivity contribution in [3.63, 3.8) is 0 Å². The van der Waals surface area contributed by atoms with Crippen molar-refractivity contribution < 1.29 is 13.2 Å². The smallest absolute Gasteiger partial charge is 0.239 e. The van der Waals surface area contributed by atoms with E-state index >= 15 is 0 Å². The lowest BCUT2D eigenvalue weighted by atomic mass is 10.2. The van der Waals surface area contributed by atoms with Gasteiger partial charge in [0, 0.05) is 16.9 Å². The van der Waals surface area contributed by atoms with E-state index in [4.69, 9.17) is 11.6 Å². The molecule has 0 unspecified atom stereocenters. The minimum Gasteiger partial charge on any atom is -0.325 e. The van der Waals surface area contributed by atoms with Crippen LogP contribution in [0.25, 0.3) is 0 Å². The average molecular weight is 368 g/mol. The van der Waals surface area contributed by atoms with Crippen molar-refractivity contribution in [3.05, 3.63) is 58.9 Å². The molecule has 1 aromatic carbocycles. The molecule has 0 atom stereocenters. The van der Waals surface area contributed by atoms with Gasteiger partial charge in [0.1, 0.15) is 0 Å². The number of nitrogens with zero attached hydrogens (tertiary/aromatic N) is 2. The number of halogens is 1. The third kappa shape index (κ3) is 5.30. The quantitative estimate of drug-likeness (QED) is 0.850. The van der Waals surface area contributed by atoms with Crippen LogP contribution in [0.3, 0.4) is 0 Å². The van der Waals surface area contributed by atoms with Gasteiger partial charge >= 0.3 is 0 Å². The number of pyridine rings is 1.